The molecule has 1 aromatic carbocycles. The first kappa shape index (κ1) is 26.4. The molecule has 0 aliphatic carbocycles. The van der Waals surface area contributed by atoms with Crippen molar-refractivity contribution in [2.45, 2.75) is 44.8 Å². The average molecular weight is 527 g/mol. The molecule has 192 valence electrons. The predicted molar refractivity (Wildman–Crippen MR) is 147 cm³/mol. The van der Waals surface area contributed by atoms with E-state index < -0.39 is 0 Å². The number of fused-ring (bicyclic) bond motifs is 1. The zero-order valence-corrected chi connectivity index (χ0v) is 23.2. The number of thiophene rings is 1. The highest BCUT2D eigenvalue weighted by atomic mass is 32.2. The van der Waals surface area contributed by atoms with Gasteiger partial charge in [0.1, 0.15) is 12.4 Å². The first-order valence-corrected chi connectivity index (χ1v) is 14.1. The molecule has 3 aromatic rings. The lowest BCUT2D eigenvalue weighted by Crippen LogP contribution is -2.42. The van der Waals surface area contributed by atoms with Crippen LogP contribution in [0.5, 0.6) is 0 Å². The van der Waals surface area contributed by atoms with Crippen LogP contribution in [0.4, 0.5) is 5.82 Å². The number of rotatable bonds is 8. The Balaban J connectivity index is 1.89. The molecule has 0 unspecified atom stereocenters. The number of benzene rings is 1. The summed E-state index contributed by atoms with van der Waals surface area (Å²) >= 11 is 3.25. The van der Waals surface area contributed by atoms with Crippen molar-refractivity contribution < 1.29 is 14.3 Å². The Bertz CT molecular complexity index is 1210. The molecule has 36 heavy (non-hydrogen) atoms. The molecule has 0 bridgehead atoms. The highest BCUT2D eigenvalue weighted by Crippen LogP contribution is 2.48. The van der Waals surface area contributed by atoms with E-state index in [1.807, 2.05) is 35.9 Å². The van der Waals surface area contributed by atoms with E-state index >= 15 is 0 Å². The number of amides is 2. The summed E-state index contributed by atoms with van der Waals surface area (Å²) in [5, 5.41) is 12.2. The van der Waals surface area contributed by atoms with Gasteiger partial charge in [-0.25, -0.2) is 4.68 Å². The Morgan fingerprint density at radius 1 is 1.25 bits per heavy atom. The summed E-state index contributed by atoms with van der Waals surface area (Å²) in [5.41, 5.74) is 4.77. The lowest BCUT2D eigenvalue weighted by molar-refractivity contribution is -0.122. The molecule has 0 fully saturated rings. The Morgan fingerprint density at radius 3 is 2.69 bits per heavy atom. The first-order chi connectivity index (χ1) is 17.2. The van der Waals surface area contributed by atoms with Crippen LogP contribution >= 0.6 is 23.1 Å². The van der Waals surface area contributed by atoms with Gasteiger partial charge in [-0.2, -0.15) is 16.4 Å². The van der Waals surface area contributed by atoms with E-state index in [-0.39, 0.29) is 34.8 Å². The van der Waals surface area contributed by atoms with Crippen molar-refractivity contribution in [2.75, 3.05) is 37.5 Å². The van der Waals surface area contributed by atoms with Crippen LogP contribution in [0.2, 0.25) is 0 Å². The van der Waals surface area contributed by atoms with E-state index in [2.05, 4.69) is 42.9 Å². The fourth-order valence-corrected chi connectivity index (χ4v) is 6.33. The maximum atomic E-state index is 13.6. The van der Waals surface area contributed by atoms with Gasteiger partial charge in [-0.15, -0.1) is 11.8 Å². The molecule has 3 heterocycles. The van der Waals surface area contributed by atoms with Gasteiger partial charge >= 0.3 is 0 Å². The molecule has 0 spiro atoms. The second-order valence-corrected chi connectivity index (χ2v) is 11.8. The summed E-state index contributed by atoms with van der Waals surface area (Å²) in [4.78, 5) is 28.2. The third-order valence-electron chi connectivity index (χ3n) is 6.14. The molecule has 2 amide bonds. The maximum absolute atomic E-state index is 13.6. The molecule has 4 rings (SSSR count). The van der Waals surface area contributed by atoms with E-state index in [0.717, 1.165) is 28.1 Å². The van der Waals surface area contributed by atoms with Gasteiger partial charge < -0.3 is 10.1 Å². The zero-order chi connectivity index (χ0) is 25.9. The number of ether oxygens (including phenoxy) is 1. The van der Waals surface area contributed by atoms with Crippen LogP contribution in [0.15, 0.2) is 41.1 Å². The number of aryl methyl sites for hydroxylation is 1. The van der Waals surface area contributed by atoms with Gasteiger partial charge in [-0.05, 0) is 47.4 Å². The predicted octanol–water partition coefficient (Wildman–Crippen LogP) is 4.86. The highest BCUT2D eigenvalue weighted by molar-refractivity contribution is 8.00. The van der Waals surface area contributed by atoms with E-state index in [0.29, 0.717) is 25.4 Å². The number of aromatic nitrogens is 2. The third-order valence-corrected chi connectivity index (χ3v) is 8.09. The molecule has 0 saturated heterocycles. The number of methoxy groups -OCH3 is 1. The van der Waals surface area contributed by atoms with Gasteiger partial charge in [0.05, 0.1) is 22.4 Å². The monoisotopic (exact) mass is 526 g/mol. The second kappa shape index (κ2) is 11.2. The minimum absolute atomic E-state index is 0.0584. The lowest BCUT2D eigenvalue weighted by Gasteiger charge is -2.24. The summed E-state index contributed by atoms with van der Waals surface area (Å²) < 4.78 is 6.96. The number of para-hydroxylation sites is 1. The molecule has 0 radical (unpaired) electrons. The van der Waals surface area contributed by atoms with Gasteiger partial charge in [-0.3, -0.25) is 14.5 Å². The van der Waals surface area contributed by atoms with Crippen molar-refractivity contribution in [2.24, 2.45) is 0 Å². The van der Waals surface area contributed by atoms with Gasteiger partial charge in [0.2, 0.25) is 11.8 Å². The van der Waals surface area contributed by atoms with Gasteiger partial charge in [-0.1, -0.05) is 39.0 Å². The standard InChI is InChI=1S/C27H34N4O3S2/c1-18-9-6-7-10-20(18)31-26-23(25(29-31)27(2,3)4)24(19-11-14-35-16-19)36-17-22(33)30(26)15-21(32)28-12-8-13-34-5/h6-7,9-11,14,16,24H,8,12-13,15,17H2,1-5H3,(H,28,32)/t24-/m1/s1. The summed E-state index contributed by atoms with van der Waals surface area (Å²) in [5.74, 6) is 0.677. The smallest absolute Gasteiger partial charge is 0.240 e. The van der Waals surface area contributed by atoms with Crippen LogP contribution in [0, 0.1) is 6.92 Å². The van der Waals surface area contributed by atoms with E-state index in [1.165, 1.54) is 0 Å². The van der Waals surface area contributed by atoms with Crippen molar-refractivity contribution >= 4 is 40.7 Å². The van der Waals surface area contributed by atoms with Crippen molar-refractivity contribution in [1.82, 2.24) is 15.1 Å². The molecular formula is C27H34N4O3S2. The number of anilines is 1. The maximum Gasteiger partial charge on any atom is 0.240 e. The zero-order valence-electron chi connectivity index (χ0n) is 21.5. The second-order valence-electron chi connectivity index (χ2n) is 9.96. The molecule has 2 aromatic heterocycles. The van der Waals surface area contributed by atoms with Crippen LogP contribution in [0.3, 0.4) is 0 Å². The van der Waals surface area contributed by atoms with Crippen molar-refractivity contribution in [3.05, 3.63) is 63.5 Å². The highest BCUT2D eigenvalue weighted by Gasteiger charge is 2.40. The molecule has 7 nitrogen and oxygen atoms in total. The summed E-state index contributed by atoms with van der Waals surface area (Å²) in [6.45, 7) is 9.48. The fraction of sp³-hybridized carbons (Fsp3) is 0.444. The fourth-order valence-electron chi connectivity index (χ4n) is 4.37. The topological polar surface area (TPSA) is 76.5 Å². The molecule has 1 N–H and O–H groups in total. The average Bonchev–Trinajstić information content (AvgIpc) is 3.47. The Kier molecular flexibility index (Phi) is 8.22. The third kappa shape index (κ3) is 5.53. The number of nitrogens with one attached hydrogen (secondary N) is 1. The van der Waals surface area contributed by atoms with Crippen LogP contribution < -0.4 is 10.2 Å². The van der Waals surface area contributed by atoms with Crippen molar-refractivity contribution in [3.8, 4) is 5.69 Å². The summed E-state index contributed by atoms with van der Waals surface area (Å²) in [7, 11) is 1.64. The quantitative estimate of drug-likeness (QED) is 0.424. The van der Waals surface area contributed by atoms with E-state index in [9.17, 15) is 9.59 Å². The largest absolute Gasteiger partial charge is 0.385 e. The minimum atomic E-state index is -0.270. The van der Waals surface area contributed by atoms with Gasteiger partial charge in [0.15, 0.2) is 0 Å². The van der Waals surface area contributed by atoms with Crippen LogP contribution in [0.1, 0.15) is 54.8 Å². The van der Waals surface area contributed by atoms with Gasteiger partial charge in [0.25, 0.3) is 0 Å². The Labute approximate surface area is 221 Å². The van der Waals surface area contributed by atoms with Crippen molar-refractivity contribution in [3.63, 3.8) is 0 Å². The molecule has 1 aliphatic heterocycles. The number of carbonyl (C=O) groups is 2. The lowest BCUT2D eigenvalue weighted by atomic mass is 9.87. The Hall–Kier alpha value is -2.62. The number of nitrogens with zero attached hydrogens (tertiary/aromatic N) is 3. The number of hydrogen-bond acceptors (Lipinski definition) is 6. The molecular weight excluding hydrogens is 492 g/mol. The molecule has 1 aliphatic rings. The molecule has 0 saturated carbocycles. The minimum Gasteiger partial charge on any atom is -0.385 e. The van der Waals surface area contributed by atoms with Crippen LogP contribution in [-0.4, -0.2) is 54.2 Å². The molecule has 9 heteroatoms. The van der Waals surface area contributed by atoms with Crippen molar-refractivity contribution in [1.29, 1.82) is 0 Å². The van der Waals surface area contributed by atoms with Crippen LogP contribution in [-0.2, 0) is 19.7 Å². The number of carbonyl (C=O) groups excluding carboxylic acids is 2. The first-order valence-electron chi connectivity index (χ1n) is 12.1. The van der Waals surface area contributed by atoms with E-state index in [4.69, 9.17) is 9.84 Å². The Morgan fingerprint density at radius 2 is 2.03 bits per heavy atom. The van der Waals surface area contributed by atoms with Gasteiger partial charge in [0, 0.05) is 31.2 Å². The van der Waals surface area contributed by atoms with Crippen LogP contribution in [0.25, 0.3) is 5.69 Å². The number of hydrogen-bond donors (Lipinski definition) is 1. The summed E-state index contributed by atoms with van der Waals surface area (Å²) in [6.07, 6.45) is 0.715. The SMILES string of the molecule is COCCCNC(=O)CN1C(=O)CS[C@H](c2ccsc2)c2c(C(C)(C)C)nn(-c3ccccc3C)c21. The molecule has 1 atom stereocenters. The summed E-state index contributed by atoms with van der Waals surface area (Å²) in [6, 6.07) is 10.1. The normalized spacial score (nSPS) is 16.1. The van der Waals surface area contributed by atoms with E-state index in [1.54, 1.807) is 35.1 Å². The number of thioether (sulfide) groups is 1.